The minimum atomic E-state index is 0.819. The Morgan fingerprint density at radius 3 is 2.54 bits per heavy atom. The molecule has 2 heterocycles. The van der Waals surface area contributed by atoms with Crippen molar-refractivity contribution in [1.29, 1.82) is 0 Å². The molecule has 0 atom stereocenters. The van der Waals surface area contributed by atoms with Crippen LogP contribution in [-0.4, -0.2) is 15.6 Å². The standard InChI is InChI=1S/C13H15N3.C9H11Cl/c1-4-12(14-5-2)11-8-10(3)16-7-6-15-13(16)9-11;1-2-3-8-4-6-9(10)7-5-8/h4-9H,1-3H3;4-7H,2-3H2,1H3/b12-4-,14-5?;. The summed E-state index contributed by atoms with van der Waals surface area (Å²) in [6.07, 6.45) is 9.94. The molecule has 3 aromatic rings. The van der Waals surface area contributed by atoms with Crippen molar-refractivity contribution in [2.75, 3.05) is 0 Å². The Kier molecular flexibility index (Phi) is 7.61. The molecule has 0 aliphatic heterocycles. The Bertz CT molecular complexity index is 889. The Morgan fingerprint density at radius 1 is 1.19 bits per heavy atom. The summed E-state index contributed by atoms with van der Waals surface area (Å²) in [5, 5.41) is 0.819. The van der Waals surface area contributed by atoms with E-state index in [2.05, 4.69) is 52.5 Å². The highest BCUT2D eigenvalue weighted by molar-refractivity contribution is 6.30. The second-order valence-corrected chi connectivity index (χ2v) is 6.41. The normalized spacial score (nSPS) is 11.7. The quantitative estimate of drug-likeness (QED) is 0.491. The number of aromatic nitrogens is 2. The molecule has 0 saturated heterocycles. The SMILES string of the molecule is CC=N/C(=C\C)c1cc(C)n2ccnc2c1.CCCc1ccc(Cl)cc1. The van der Waals surface area contributed by atoms with Gasteiger partial charge in [0.15, 0.2) is 0 Å². The average molecular weight is 368 g/mol. The first-order chi connectivity index (χ1) is 12.6. The van der Waals surface area contributed by atoms with Crippen LogP contribution < -0.4 is 0 Å². The molecule has 0 saturated carbocycles. The van der Waals surface area contributed by atoms with Gasteiger partial charge in [0.25, 0.3) is 0 Å². The molecular formula is C22H26ClN3. The number of aryl methyl sites for hydroxylation is 2. The van der Waals surface area contributed by atoms with Crippen LogP contribution in [0.2, 0.25) is 5.02 Å². The van der Waals surface area contributed by atoms with Gasteiger partial charge in [0, 0.05) is 34.9 Å². The Hall–Kier alpha value is -2.39. The topological polar surface area (TPSA) is 29.7 Å². The first-order valence-electron chi connectivity index (χ1n) is 8.92. The summed E-state index contributed by atoms with van der Waals surface area (Å²) in [7, 11) is 0. The van der Waals surface area contributed by atoms with Crippen LogP contribution in [0.4, 0.5) is 0 Å². The van der Waals surface area contributed by atoms with Gasteiger partial charge in [-0.1, -0.05) is 43.2 Å². The zero-order chi connectivity index (χ0) is 18.9. The molecule has 3 nitrogen and oxygen atoms in total. The van der Waals surface area contributed by atoms with E-state index in [1.807, 2.05) is 44.4 Å². The highest BCUT2D eigenvalue weighted by atomic mass is 35.5. The fraction of sp³-hybridized carbons (Fsp3) is 0.273. The number of imidazole rings is 1. The van der Waals surface area contributed by atoms with Gasteiger partial charge in [0.05, 0.1) is 5.70 Å². The molecule has 3 rings (SSSR count). The summed E-state index contributed by atoms with van der Waals surface area (Å²) in [5.74, 6) is 0. The number of halogens is 1. The summed E-state index contributed by atoms with van der Waals surface area (Å²) in [6, 6.07) is 12.2. The Labute approximate surface area is 161 Å². The molecule has 0 radical (unpaired) electrons. The molecule has 136 valence electrons. The minimum absolute atomic E-state index is 0.819. The maximum absolute atomic E-state index is 5.71. The van der Waals surface area contributed by atoms with Crippen LogP contribution in [0.1, 0.15) is 44.0 Å². The molecule has 1 aromatic carbocycles. The minimum Gasteiger partial charge on any atom is -0.304 e. The molecule has 2 aromatic heterocycles. The second kappa shape index (κ2) is 9.93. The average Bonchev–Trinajstić information content (AvgIpc) is 3.11. The van der Waals surface area contributed by atoms with Crippen LogP contribution in [0.3, 0.4) is 0 Å². The number of aliphatic imine (C=N–C) groups is 1. The lowest BCUT2D eigenvalue weighted by Crippen LogP contribution is -1.93. The number of allylic oxidation sites excluding steroid dienone is 1. The number of pyridine rings is 1. The summed E-state index contributed by atoms with van der Waals surface area (Å²) < 4.78 is 2.06. The molecule has 0 amide bonds. The molecule has 0 spiro atoms. The fourth-order valence-electron chi connectivity index (χ4n) is 2.74. The van der Waals surface area contributed by atoms with Crippen molar-refractivity contribution in [2.24, 2.45) is 4.99 Å². The molecule has 4 heteroatoms. The van der Waals surface area contributed by atoms with Crippen molar-refractivity contribution < 1.29 is 0 Å². The van der Waals surface area contributed by atoms with Crippen LogP contribution in [0.5, 0.6) is 0 Å². The molecule has 0 aliphatic carbocycles. The predicted octanol–water partition coefficient (Wildman–Crippen LogP) is 6.39. The van der Waals surface area contributed by atoms with Crippen LogP contribution in [-0.2, 0) is 6.42 Å². The van der Waals surface area contributed by atoms with Crippen LogP contribution >= 0.6 is 11.6 Å². The number of nitrogens with zero attached hydrogens (tertiary/aromatic N) is 3. The van der Waals surface area contributed by atoms with E-state index in [9.17, 15) is 0 Å². The molecule has 0 bridgehead atoms. The highest BCUT2D eigenvalue weighted by Crippen LogP contribution is 2.19. The Morgan fingerprint density at radius 2 is 1.92 bits per heavy atom. The predicted molar refractivity (Wildman–Crippen MR) is 113 cm³/mol. The summed E-state index contributed by atoms with van der Waals surface area (Å²) in [4.78, 5) is 8.65. The van der Waals surface area contributed by atoms with Gasteiger partial charge in [-0.3, -0.25) is 4.99 Å². The zero-order valence-electron chi connectivity index (χ0n) is 15.9. The summed E-state index contributed by atoms with van der Waals surface area (Å²) in [5.41, 5.74) is 5.58. The lowest BCUT2D eigenvalue weighted by Gasteiger charge is -2.05. The third-order valence-corrected chi connectivity index (χ3v) is 4.24. The van der Waals surface area contributed by atoms with E-state index in [1.165, 1.54) is 12.0 Å². The molecular weight excluding hydrogens is 342 g/mol. The van der Waals surface area contributed by atoms with Gasteiger partial charge in [-0.2, -0.15) is 0 Å². The fourth-order valence-corrected chi connectivity index (χ4v) is 2.86. The molecule has 26 heavy (non-hydrogen) atoms. The maximum Gasteiger partial charge on any atom is 0.137 e. The van der Waals surface area contributed by atoms with Crippen LogP contribution in [0, 0.1) is 6.92 Å². The maximum atomic E-state index is 5.71. The van der Waals surface area contributed by atoms with E-state index in [1.54, 1.807) is 6.21 Å². The van der Waals surface area contributed by atoms with Gasteiger partial charge in [0.1, 0.15) is 5.65 Å². The van der Waals surface area contributed by atoms with E-state index in [0.29, 0.717) is 0 Å². The third-order valence-electron chi connectivity index (χ3n) is 3.99. The van der Waals surface area contributed by atoms with Gasteiger partial charge in [0.2, 0.25) is 0 Å². The number of rotatable bonds is 4. The van der Waals surface area contributed by atoms with E-state index in [4.69, 9.17) is 11.6 Å². The highest BCUT2D eigenvalue weighted by Gasteiger charge is 2.04. The van der Waals surface area contributed by atoms with Crippen molar-refractivity contribution in [3.05, 3.63) is 76.7 Å². The van der Waals surface area contributed by atoms with Gasteiger partial charge in [-0.05, 0) is 57.0 Å². The number of benzene rings is 1. The lowest BCUT2D eigenvalue weighted by molar-refractivity contribution is 0.922. The summed E-state index contributed by atoms with van der Waals surface area (Å²) >= 11 is 5.71. The number of hydrogen-bond acceptors (Lipinski definition) is 2. The van der Waals surface area contributed by atoms with Crippen molar-refractivity contribution in [2.45, 2.75) is 40.5 Å². The van der Waals surface area contributed by atoms with Crippen molar-refractivity contribution in [3.63, 3.8) is 0 Å². The van der Waals surface area contributed by atoms with E-state index in [-0.39, 0.29) is 0 Å². The Balaban J connectivity index is 0.000000209. The van der Waals surface area contributed by atoms with Gasteiger partial charge in [-0.15, -0.1) is 0 Å². The first-order valence-corrected chi connectivity index (χ1v) is 9.30. The van der Waals surface area contributed by atoms with Crippen LogP contribution in [0.15, 0.2) is 59.9 Å². The lowest BCUT2D eigenvalue weighted by atomic mass is 10.1. The number of hydrogen-bond donors (Lipinski definition) is 0. The monoisotopic (exact) mass is 367 g/mol. The number of fused-ring (bicyclic) bond motifs is 1. The third kappa shape index (κ3) is 5.30. The van der Waals surface area contributed by atoms with Gasteiger partial charge in [-0.25, -0.2) is 4.98 Å². The first kappa shape index (κ1) is 19.9. The second-order valence-electron chi connectivity index (χ2n) is 5.98. The molecule has 0 aliphatic rings. The largest absolute Gasteiger partial charge is 0.304 e. The molecule has 0 unspecified atom stereocenters. The van der Waals surface area contributed by atoms with Crippen molar-refractivity contribution in [3.8, 4) is 0 Å². The van der Waals surface area contributed by atoms with Gasteiger partial charge >= 0.3 is 0 Å². The van der Waals surface area contributed by atoms with Crippen molar-refractivity contribution in [1.82, 2.24) is 9.38 Å². The van der Waals surface area contributed by atoms with Gasteiger partial charge < -0.3 is 4.40 Å². The zero-order valence-corrected chi connectivity index (χ0v) is 16.7. The van der Waals surface area contributed by atoms with Crippen molar-refractivity contribution >= 4 is 29.2 Å². The van der Waals surface area contributed by atoms with Crippen LogP contribution in [0.25, 0.3) is 11.3 Å². The molecule has 0 fully saturated rings. The molecule has 0 N–H and O–H groups in total. The van der Waals surface area contributed by atoms with E-state index in [0.717, 1.165) is 34.0 Å². The smallest absolute Gasteiger partial charge is 0.137 e. The van der Waals surface area contributed by atoms with E-state index < -0.39 is 0 Å². The summed E-state index contributed by atoms with van der Waals surface area (Å²) in [6.45, 7) is 8.16. The van der Waals surface area contributed by atoms with E-state index >= 15 is 0 Å².